The number of hydrogen-bond acceptors (Lipinski definition) is 4. The number of nitrogens with zero attached hydrogens (tertiary/aromatic N) is 1. The Hall–Kier alpha value is -2.88. The number of carbonyl (C=O) groups excluding carboxylic acids is 1. The van der Waals surface area contributed by atoms with E-state index in [-0.39, 0.29) is 23.0 Å². The van der Waals surface area contributed by atoms with Crippen LogP contribution in [0.4, 0.5) is 11.4 Å². The first-order chi connectivity index (χ1) is 14.2. The van der Waals surface area contributed by atoms with E-state index < -0.39 is 5.92 Å². The fraction of sp³-hybridized carbons (Fsp3) is 0.385. The molecule has 30 heavy (non-hydrogen) atoms. The molecule has 4 heteroatoms. The molecular weight excluding hydrogens is 372 g/mol. The van der Waals surface area contributed by atoms with Crippen LogP contribution in [-0.4, -0.2) is 16.6 Å². The zero-order chi connectivity index (χ0) is 21.6. The molecule has 2 aliphatic rings. The van der Waals surface area contributed by atoms with Crippen LogP contribution in [0, 0.1) is 25.2 Å². The van der Waals surface area contributed by atoms with Crippen LogP contribution in [0.25, 0.3) is 0 Å². The summed E-state index contributed by atoms with van der Waals surface area (Å²) in [5.41, 5.74) is 6.46. The Morgan fingerprint density at radius 2 is 1.97 bits per heavy atom. The number of fused-ring (bicyclic) bond motifs is 2. The maximum absolute atomic E-state index is 13.4. The number of ketones is 1. The van der Waals surface area contributed by atoms with Crippen molar-refractivity contribution in [2.24, 2.45) is 16.3 Å². The number of anilines is 1. The van der Waals surface area contributed by atoms with Gasteiger partial charge in [0, 0.05) is 17.7 Å². The molecule has 2 aromatic rings. The zero-order valence-electron chi connectivity index (χ0n) is 18.2. The van der Waals surface area contributed by atoms with Crippen molar-refractivity contribution in [3.8, 4) is 5.75 Å². The molecule has 1 fully saturated rings. The topological polar surface area (TPSA) is 61.7 Å². The van der Waals surface area contributed by atoms with E-state index in [2.05, 4.69) is 51.7 Å². The molecule has 1 aliphatic carbocycles. The Balaban J connectivity index is 1.91. The SMILES string of the molecule is C=CCc1cccc([C@@H]2Nc3cc(C)c(C)cc3N=C3CC(C)(C)CC(=O)[C@H]32)c1O. The zero-order valence-corrected chi connectivity index (χ0v) is 18.2. The predicted molar refractivity (Wildman–Crippen MR) is 123 cm³/mol. The molecule has 2 atom stereocenters. The lowest BCUT2D eigenvalue weighted by Crippen LogP contribution is -2.42. The molecule has 4 nitrogen and oxygen atoms in total. The van der Waals surface area contributed by atoms with Crippen molar-refractivity contribution >= 4 is 22.9 Å². The number of para-hydroxylation sites is 1. The lowest BCUT2D eigenvalue weighted by molar-refractivity contribution is -0.124. The van der Waals surface area contributed by atoms with Crippen LogP contribution < -0.4 is 5.32 Å². The van der Waals surface area contributed by atoms with Crippen molar-refractivity contribution in [1.82, 2.24) is 0 Å². The number of allylic oxidation sites excluding steroid dienone is 1. The van der Waals surface area contributed by atoms with Gasteiger partial charge in [-0.15, -0.1) is 6.58 Å². The Kier molecular flexibility index (Phi) is 5.05. The van der Waals surface area contributed by atoms with Crippen molar-refractivity contribution in [2.45, 2.75) is 53.0 Å². The third-order valence-electron chi connectivity index (χ3n) is 6.39. The summed E-state index contributed by atoms with van der Waals surface area (Å²) in [6.45, 7) is 12.2. The van der Waals surface area contributed by atoms with E-state index in [1.54, 1.807) is 6.08 Å². The van der Waals surface area contributed by atoms with Gasteiger partial charge in [0.1, 0.15) is 11.5 Å². The summed E-state index contributed by atoms with van der Waals surface area (Å²) in [5.74, 6) is 0.0207. The van der Waals surface area contributed by atoms with E-state index in [9.17, 15) is 9.90 Å². The monoisotopic (exact) mass is 402 g/mol. The van der Waals surface area contributed by atoms with E-state index in [1.807, 2.05) is 18.2 Å². The van der Waals surface area contributed by atoms with Gasteiger partial charge in [0.25, 0.3) is 0 Å². The second kappa shape index (κ2) is 7.42. The van der Waals surface area contributed by atoms with E-state index in [1.165, 1.54) is 11.1 Å². The van der Waals surface area contributed by atoms with Crippen molar-refractivity contribution in [3.63, 3.8) is 0 Å². The molecule has 0 saturated heterocycles. The lowest BCUT2D eigenvalue weighted by atomic mass is 9.68. The summed E-state index contributed by atoms with van der Waals surface area (Å²) >= 11 is 0. The van der Waals surface area contributed by atoms with E-state index in [0.29, 0.717) is 12.8 Å². The molecule has 0 bridgehead atoms. The summed E-state index contributed by atoms with van der Waals surface area (Å²) in [7, 11) is 0. The van der Waals surface area contributed by atoms with Crippen LogP contribution in [0.5, 0.6) is 5.75 Å². The highest BCUT2D eigenvalue weighted by atomic mass is 16.3. The fourth-order valence-corrected chi connectivity index (χ4v) is 4.77. The lowest BCUT2D eigenvalue weighted by Gasteiger charge is -2.37. The van der Waals surface area contributed by atoms with Crippen LogP contribution in [0.15, 0.2) is 48.0 Å². The smallest absolute Gasteiger partial charge is 0.144 e. The molecule has 0 unspecified atom stereocenters. The van der Waals surface area contributed by atoms with Crippen molar-refractivity contribution in [3.05, 3.63) is 65.2 Å². The summed E-state index contributed by atoms with van der Waals surface area (Å²) in [6.07, 6.45) is 3.63. The number of benzene rings is 2. The Bertz CT molecular complexity index is 1060. The first kappa shape index (κ1) is 20.4. The van der Waals surface area contributed by atoms with Crippen molar-refractivity contribution < 1.29 is 9.90 Å². The maximum atomic E-state index is 13.4. The molecule has 4 rings (SSSR count). The molecular formula is C26H30N2O2. The predicted octanol–water partition coefficient (Wildman–Crippen LogP) is 5.98. The first-order valence-corrected chi connectivity index (χ1v) is 10.6. The highest BCUT2D eigenvalue weighted by molar-refractivity contribution is 6.10. The highest BCUT2D eigenvalue weighted by Gasteiger charge is 2.44. The van der Waals surface area contributed by atoms with Gasteiger partial charge in [-0.2, -0.15) is 0 Å². The van der Waals surface area contributed by atoms with Gasteiger partial charge in [0.2, 0.25) is 0 Å². The summed E-state index contributed by atoms with van der Waals surface area (Å²) in [4.78, 5) is 18.4. The molecule has 2 aromatic carbocycles. The molecule has 0 radical (unpaired) electrons. The molecule has 0 aromatic heterocycles. The quantitative estimate of drug-likeness (QED) is 0.621. The Morgan fingerprint density at radius 3 is 2.70 bits per heavy atom. The van der Waals surface area contributed by atoms with E-state index >= 15 is 0 Å². The minimum Gasteiger partial charge on any atom is -0.507 e. The molecule has 0 spiro atoms. The number of aliphatic imine (C=N–C) groups is 1. The Labute approximate surface area is 178 Å². The Morgan fingerprint density at radius 1 is 1.23 bits per heavy atom. The van der Waals surface area contributed by atoms with E-state index in [4.69, 9.17) is 4.99 Å². The van der Waals surface area contributed by atoms with Gasteiger partial charge in [-0.3, -0.25) is 9.79 Å². The number of rotatable bonds is 3. The van der Waals surface area contributed by atoms with Gasteiger partial charge in [-0.05, 0) is 60.9 Å². The van der Waals surface area contributed by atoms with Crippen LogP contribution in [0.3, 0.4) is 0 Å². The highest BCUT2D eigenvalue weighted by Crippen LogP contribution is 2.47. The standard InChI is InChI=1S/C26H30N2O2/c1-6-8-17-9-7-10-18(25(17)30)24-23-21(13-26(4,5)14-22(23)29)27-19-11-15(2)16(3)12-20(19)28-24/h6-7,9-12,23-24,28,30H,1,8,13-14H2,2-5H3/t23-,24-/m0/s1. The minimum absolute atomic E-state index is 0.117. The van der Waals surface area contributed by atoms with E-state index in [0.717, 1.165) is 34.6 Å². The van der Waals surface area contributed by atoms with Crippen molar-refractivity contribution in [2.75, 3.05) is 5.32 Å². The average molecular weight is 403 g/mol. The van der Waals surface area contributed by atoms with Gasteiger partial charge in [0.05, 0.1) is 23.3 Å². The summed E-state index contributed by atoms with van der Waals surface area (Å²) < 4.78 is 0. The van der Waals surface area contributed by atoms with Crippen molar-refractivity contribution in [1.29, 1.82) is 0 Å². The number of hydrogen-bond donors (Lipinski definition) is 2. The van der Waals surface area contributed by atoms with Crippen LogP contribution in [0.1, 0.15) is 55.0 Å². The van der Waals surface area contributed by atoms with Gasteiger partial charge in [0.15, 0.2) is 0 Å². The second-order valence-corrected chi connectivity index (χ2v) is 9.49. The van der Waals surface area contributed by atoms with Crippen LogP contribution >= 0.6 is 0 Å². The average Bonchev–Trinajstić information content (AvgIpc) is 2.79. The molecule has 0 amide bonds. The summed E-state index contributed by atoms with van der Waals surface area (Å²) in [5, 5.41) is 14.6. The summed E-state index contributed by atoms with van der Waals surface area (Å²) in [6, 6.07) is 9.58. The third-order valence-corrected chi connectivity index (χ3v) is 6.39. The second-order valence-electron chi connectivity index (χ2n) is 9.49. The fourth-order valence-electron chi connectivity index (χ4n) is 4.77. The number of Topliss-reactive ketones (excluding diaryl/α,β-unsaturated/α-hetero) is 1. The molecule has 1 saturated carbocycles. The number of phenols is 1. The number of aryl methyl sites for hydroxylation is 2. The molecule has 156 valence electrons. The van der Waals surface area contributed by atoms with Crippen LogP contribution in [0.2, 0.25) is 0 Å². The number of nitrogens with one attached hydrogen (secondary N) is 1. The molecule has 1 aliphatic heterocycles. The van der Waals surface area contributed by atoms with Gasteiger partial charge < -0.3 is 10.4 Å². The van der Waals surface area contributed by atoms with Gasteiger partial charge in [-0.1, -0.05) is 38.1 Å². The van der Waals surface area contributed by atoms with Gasteiger partial charge in [-0.25, -0.2) is 0 Å². The molecule has 2 N–H and O–H groups in total. The van der Waals surface area contributed by atoms with Crippen LogP contribution in [-0.2, 0) is 11.2 Å². The first-order valence-electron chi connectivity index (χ1n) is 10.6. The normalized spacial score (nSPS) is 22.3. The third kappa shape index (κ3) is 3.55. The minimum atomic E-state index is -0.393. The number of aromatic hydroxyl groups is 1. The number of phenolic OH excluding ortho intramolecular Hbond substituents is 1. The largest absolute Gasteiger partial charge is 0.507 e. The molecule has 1 heterocycles. The maximum Gasteiger partial charge on any atom is 0.144 e. The van der Waals surface area contributed by atoms with Gasteiger partial charge >= 0.3 is 0 Å². The number of carbonyl (C=O) groups is 1.